The molecule has 0 amide bonds. The molecule has 4 aliphatic carbocycles. The van der Waals surface area contributed by atoms with Gasteiger partial charge in [-0.15, -0.1) is 0 Å². The number of hydrogen-bond donors (Lipinski definition) is 1. The van der Waals surface area contributed by atoms with Gasteiger partial charge in [0.25, 0.3) is 0 Å². The van der Waals surface area contributed by atoms with Crippen LogP contribution in [0.4, 0.5) is 0 Å². The third-order valence-electron chi connectivity index (χ3n) is 7.09. The number of halogens is 2. The number of hydrogen-bond acceptors (Lipinski definition) is 2. The lowest BCUT2D eigenvalue weighted by molar-refractivity contribution is -0.0143. The van der Waals surface area contributed by atoms with E-state index in [0.29, 0.717) is 12.6 Å². The van der Waals surface area contributed by atoms with E-state index in [9.17, 15) is 0 Å². The molecule has 28 heavy (non-hydrogen) atoms. The Kier molecular flexibility index (Phi) is 5.30. The van der Waals surface area contributed by atoms with Gasteiger partial charge in [0.2, 0.25) is 0 Å². The van der Waals surface area contributed by atoms with E-state index in [4.69, 9.17) is 27.9 Å². The summed E-state index contributed by atoms with van der Waals surface area (Å²) in [6, 6.07) is 14.4. The van der Waals surface area contributed by atoms with E-state index in [1.54, 1.807) is 0 Å². The Hall–Kier alpha value is -1.22. The summed E-state index contributed by atoms with van der Waals surface area (Å²) in [7, 11) is 0. The Morgan fingerprint density at radius 3 is 2.14 bits per heavy atom. The third kappa shape index (κ3) is 3.92. The van der Waals surface area contributed by atoms with E-state index in [-0.39, 0.29) is 0 Å². The molecule has 0 aliphatic heterocycles. The zero-order valence-corrected chi connectivity index (χ0v) is 17.6. The molecule has 4 aliphatic rings. The van der Waals surface area contributed by atoms with Crippen molar-refractivity contribution in [1.29, 1.82) is 0 Å². The quantitative estimate of drug-likeness (QED) is 0.581. The van der Waals surface area contributed by atoms with E-state index in [1.807, 2.05) is 42.5 Å². The highest BCUT2D eigenvalue weighted by Crippen LogP contribution is 2.53. The van der Waals surface area contributed by atoms with Gasteiger partial charge in [0, 0.05) is 28.2 Å². The average molecular weight is 416 g/mol. The fraction of sp³-hybridized carbons (Fsp3) is 0.500. The van der Waals surface area contributed by atoms with Gasteiger partial charge in [-0.1, -0.05) is 35.3 Å². The van der Waals surface area contributed by atoms with Gasteiger partial charge in [0.05, 0.1) is 0 Å². The number of nitrogens with one attached hydrogen (secondary N) is 1. The molecule has 2 nitrogen and oxygen atoms in total. The van der Waals surface area contributed by atoms with E-state index in [0.717, 1.165) is 57.1 Å². The average Bonchev–Trinajstić information content (AvgIpc) is 2.67. The van der Waals surface area contributed by atoms with Crippen molar-refractivity contribution in [2.75, 3.05) is 0 Å². The van der Waals surface area contributed by atoms with Crippen LogP contribution in [0.3, 0.4) is 0 Å². The van der Waals surface area contributed by atoms with Crippen molar-refractivity contribution >= 4 is 23.2 Å². The number of benzene rings is 2. The van der Waals surface area contributed by atoms with E-state index >= 15 is 0 Å². The lowest BCUT2D eigenvalue weighted by Crippen LogP contribution is -2.54. The van der Waals surface area contributed by atoms with Crippen LogP contribution in [0.25, 0.3) is 0 Å². The maximum atomic E-state index is 6.30. The highest BCUT2D eigenvalue weighted by Gasteiger charge is 2.47. The molecule has 148 valence electrons. The SMILES string of the molecule is Clc1ccc(COc2ccc(Cl)cc2CNC2C3CC4CC(C3)CC2C4)cc1. The topological polar surface area (TPSA) is 21.3 Å². The fourth-order valence-electron chi connectivity index (χ4n) is 6.05. The monoisotopic (exact) mass is 415 g/mol. The number of ether oxygens (including phenoxy) is 1. The van der Waals surface area contributed by atoms with Crippen LogP contribution in [-0.4, -0.2) is 6.04 Å². The molecule has 0 radical (unpaired) electrons. The van der Waals surface area contributed by atoms with Crippen LogP contribution in [0.15, 0.2) is 42.5 Å². The summed E-state index contributed by atoms with van der Waals surface area (Å²) in [5.41, 5.74) is 2.26. The van der Waals surface area contributed by atoms with Crippen LogP contribution in [0.1, 0.15) is 43.2 Å². The first-order chi connectivity index (χ1) is 13.6. The zero-order chi connectivity index (χ0) is 19.1. The van der Waals surface area contributed by atoms with Gasteiger partial charge in [-0.05, 0) is 91.7 Å². The molecule has 4 fully saturated rings. The Morgan fingerprint density at radius 1 is 0.821 bits per heavy atom. The van der Waals surface area contributed by atoms with Crippen LogP contribution in [-0.2, 0) is 13.2 Å². The van der Waals surface area contributed by atoms with Crippen molar-refractivity contribution < 1.29 is 4.74 Å². The summed E-state index contributed by atoms with van der Waals surface area (Å²) < 4.78 is 6.13. The predicted molar refractivity (Wildman–Crippen MR) is 115 cm³/mol. The van der Waals surface area contributed by atoms with Crippen molar-refractivity contribution in [2.45, 2.75) is 51.3 Å². The Balaban J connectivity index is 1.26. The molecule has 0 aromatic heterocycles. The summed E-state index contributed by atoms with van der Waals surface area (Å²) in [6.45, 7) is 1.35. The molecule has 0 spiro atoms. The summed E-state index contributed by atoms with van der Waals surface area (Å²) in [6.07, 6.45) is 7.22. The maximum absolute atomic E-state index is 6.30. The summed E-state index contributed by atoms with van der Waals surface area (Å²) >= 11 is 12.3. The second kappa shape index (κ2) is 7.89. The number of rotatable bonds is 6. The molecular weight excluding hydrogens is 389 g/mol. The minimum Gasteiger partial charge on any atom is -0.489 e. The van der Waals surface area contributed by atoms with E-state index in [1.165, 1.54) is 32.1 Å². The standard InChI is InChI=1S/C24H27Cl2NO/c25-21-3-1-15(2-4-21)14-28-23-6-5-22(26)12-20(23)13-27-24-18-8-16-7-17(10-18)11-19(24)9-16/h1-6,12,16-19,24,27H,7-11,13-14H2. The Morgan fingerprint density at radius 2 is 1.46 bits per heavy atom. The maximum Gasteiger partial charge on any atom is 0.124 e. The molecule has 0 atom stereocenters. The van der Waals surface area contributed by atoms with Gasteiger partial charge in [-0.2, -0.15) is 0 Å². The minimum atomic E-state index is 0.532. The fourth-order valence-corrected chi connectivity index (χ4v) is 6.38. The molecule has 4 saturated carbocycles. The van der Waals surface area contributed by atoms with Gasteiger partial charge >= 0.3 is 0 Å². The molecule has 4 bridgehead atoms. The minimum absolute atomic E-state index is 0.532. The van der Waals surface area contributed by atoms with E-state index in [2.05, 4.69) is 5.32 Å². The second-order valence-corrected chi connectivity index (χ2v) is 9.88. The molecule has 4 heteroatoms. The first-order valence-electron chi connectivity index (χ1n) is 10.5. The van der Waals surface area contributed by atoms with Crippen molar-refractivity contribution in [3.63, 3.8) is 0 Å². The van der Waals surface area contributed by atoms with Crippen LogP contribution in [0, 0.1) is 23.7 Å². The highest BCUT2D eigenvalue weighted by molar-refractivity contribution is 6.30. The Labute approximate surface area is 177 Å². The molecule has 2 aromatic carbocycles. The molecule has 0 unspecified atom stereocenters. The molecule has 0 saturated heterocycles. The van der Waals surface area contributed by atoms with Gasteiger partial charge in [-0.25, -0.2) is 0 Å². The first kappa shape index (κ1) is 18.8. The third-order valence-corrected chi connectivity index (χ3v) is 7.57. The highest BCUT2D eigenvalue weighted by atomic mass is 35.5. The molecule has 2 aromatic rings. The van der Waals surface area contributed by atoms with Crippen molar-refractivity contribution in [1.82, 2.24) is 5.32 Å². The van der Waals surface area contributed by atoms with Gasteiger partial charge < -0.3 is 10.1 Å². The molecule has 6 rings (SSSR count). The van der Waals surface area contributed by atoms with Gasteiger partial charge in [0.1, 0.15) is 12.4 Å². The molecule has 1 N–H and O–H groups in total. The van der Waals surface area contributed by atoms with Crippen LogP contribution in [0.2, 0.25) is 10.0 Å². The van der Waals surface area contributed by atoms with Crippen molar-refractivity contribution in [3.8, 4) is 5.75 Å². The summed E-state index contributed by atoms with van der Waals surface area (Å²) in [4.78, 5) is 0. The van der Waals surface area contributed by atoms with Gasteiger partial charge in [-0.3, -0.25) is 0 Å². The Bertz CT molecular complexity index is 807. The van der Waals surface area contributed by atoms with Crippen LogP contribution in [0.5, 0.6) is 5.75 Å². The van der Waals surface area contributed by atoms with Crippen molar-refractivity contribution in [2.24, 2.45) is 23.7 Å². The van der Waals surface area contributed by atoms with Gasteiger partial charge in [0.15, 0.2) is 0 Å². The zero-order valence-electron chi connectivity index (χ0n) is 16.0. The molecular formula is C24H27Cl2NO. The van der Waals surface area contributed by atoms with E-state index < -0.39 is 0 Å². The predicted octanol–water partition coefficient (Wildman–Crippen LogP) is 6.49. The normalized spacial score (nSPS) is 30.6. The lowest BCUT2D eigenvalue weighted by Gasteiger charge is -2.54. The van der Waals surface area contributed by atoms with Crippen LogP contribution < -0.4 is 10.1 Å². The second-order valence-electron chi connectivity index (χ2n) is 9.00. The first-order valence-corrected chi connectivity index (χ1v) is 11.3. The molecule has 0 heterocycles. The summed E-state index contributed by atoms with van der Waals surface area (Å²) in [5.74, 6) is 4.66. The largest absolute Gasteiger partial charge is 0.489 e. The van der Waals surface area contributed by atoms with Crippen molar-refractivity contribution in [3.05, 3.63) is 63.6 Å². The van der Waals surface area contributed by atoms with Crippen LogP contribution >= 0.6 is 23.2 Å². The smallest absolute Gasteiger partial charge is 0.124 e. The summed E-state index contributed by atoms with van der Waals surface area (Å²) in [5, 5.41) is 5.41. The lowest BCUT2D eigenvalue weighted by atomic mass is 9.54.